The zero-order valence-electron chi connectivity index (χ0n) is 16.2. The van der Waals surface area contributed by atoms with Crippen LogP contribution in [0.25, 0.3) is 11.4 Å². The number of rotatable bonds is 6. The summed E-state index contributed by atoms with van der Waals surface area (Å²) in [5.41, 5.74) is 0.860. The monoisotopic (exact) mass is 427 g/mol. The molecule has 9 heteroatoms. The van der Waals surface area contributed by atoms with E-state index in [-0.39, 0.29) is 35.0 Å². The van der Waals surface area contributed by atoms with Crippen LogP contribution in [0.15, 0.2) is 48.7 Å². The third-order valence-corrected chi connectivity index (χ3v) is 4.33. The first-order chi connectivity index (χ1) is 14.4. The fourth-order valence-corrected chi connectivity index (χ4v) is 2.75. The van der Waals surface area contributed by atoms with Gasteiger partial charge >= 0.3 is 11.9 Å². The highest BCUT2D eigenvalue weighted by Gasteiger charge is 2.20. The van der Waals surface area contributed by atoms with Gasteiger partial charge in [0.2, 0.25) is 0 Å². The summed E-state index contributed by atoms with van der Waals surface area (Å²) < 4.78 is 9.73. The Morgan fingerprint density at radius 1 is 1.10 bits per heavy atom. The van der Waals surface area contributed by atoms with Crippen molar-refractivity contribution in [2.24, 2.45) is 0 Å². The molecule has 2 N–H and O–H groups in total. The Morgan fingerprint density at radius 3 is 2.50 bits per heavy atom. The molecule has 0 fully saturated rings. The maximum Gasteiger partial charge on any atom is 0.343 e. The fraction of sp³-hybridized carbons (Fsp3) is 0.143. The minimum absolute atomic E-state index is 0.0350. The molecule has 0 atom stereocenters. The number of carbonyl (C=O) groups excluding carboxylic acids is 2. The SMILES string of the molecule is CCOC(=O)c1cnc(-c2ccc(Cl)cc2)nc1Nc1cccc(C(=O)OC)c1O. The highest BCUT2D eigenvalue weighted by Crippen LogP contribution is 2.32. The van der Waals surface area contributed by atoms with Gasteiger partial charge in [0.15, 0.2) is 11.6 Å². The molecule has 2 aromatic carbocycles. The molecule has 1 heterocycles. The number of aromatic hydroxyl groups is 1. The summed E-state index contributed by atoms with van der Waals surface area (Å²) in [4.78, 5) is 32.9. The van der Waals surface area contributed by atoms with Gasteiger partial charge in [-0.1, -0.05) is 17.7 Å². The lowest BCUT2D eigenvalue weighted by molar-refractivity contribution is 0.0525. The number of nitrogens with one attached hydrogen (secondary N) is 1. The van der Waals surface area contributed by atoms with Crippen molar-refractivity contribution in [1.29, 1.82) is 0 Å². The number of esters is 2. The van der Waals surface area contributed by atoms with Crippen LogP contribution in [0.1, 0.15) is 27.6 Å². The molecule has 0 saturated carbocycles. The van der Waals surface area contributed by atoms with Gasteiger partial charge in [-0.15, -0.1) is 0 Å². The summed E-state index contributed by atoms with van der Waals surface area (Å²) in [7, 11) is 1.21. The number of methoxy groups -OCH3 is 1. The van der Waals surface area contributed by atoms with Crippen LogP contribution in [-0.4, -0.2) is 40.7 Å². The molecule has 0 aliphatic carbocycles. The van der Waals surface area contributed by atoms with E-state index in [4.69, 9.17) is 16.3 Å². The van der Waals surface area contributed by atoms with Crippen LogP contribution in [0.3, 0.4) is 0 Å². The van der Waals surface area contributed by atoms with Gasteiger partial charge in [0.05, 0.1) is 19.4 Å². The zero-order chi connectivity index (χ0) is 21.7. The van der Waals surface area contributed by atoms with Crippen LogP contribution in [0.4, 0.5) is 11.5 Å². The molecule has 30 heavy (non-hydrogen) atoms. The maximum absolute atomic E-state index is 12.4. The molecule has 0 amide bonds. The first kappa shape index (κ1) is 21.1. The van der Waals surface area contributed by atoms with Crippen molar-refractivity contribution in [2.45, 2.75) is 6.92 Å². The van der Waals surface area contributed by atoms with Gasteiger partial charge < -0.3 is 19.9 Å². The lowest BCUT2D eigenvalue weighted by Crippen LogP contribution is -2.11. The van der Waals surface area contributed by atoms with Crippen molar-refractivity contribution in [1.82, 2.24) is 9.97 Å². The Bertz CT molecular complexity index is 1090. The van der Waals surface area contributed by atoms with Crippen LogP contribution < -0.4 is 5.32 Å². The maximum atomic E-state index is 12.4. The van der Waals surface area contributed by atoms with Crippen molar-refractivity contribution >= 4 is 35.0 Å². The van der Waals surface area contributed by atoms with E-state index in [1.807, 2.05) is 0 Å². The van der Waals surface area contributed by atoms with E-state index >= 15 is 0 Å². The highest BCUT2D eigenvalue weighted by atomic mass is 35.5. The van der Waals surface area contributed by atoms with Gasteiger partial charge in [0.1, 0.15) is 16.9 Å². The Morgan fingerprint density at radius 2 is 1.83 bits per heavy atom. The third-order valence-electron chi connectivity index (χ3n) is 4.08. The van der Waals surface area contributed by atoms with Crippen molar-refractivity contribution in [3.05, 3.63) is 64.8 Å². The average molecular weight is 428 g/mol. The highest BCUT2D eigenvalue weighted by molar-refractivity contribution is 6.30. The van der Waals surface area contributed by atoms with Gasteiger partial charge in [-0.25, -0.2) is 19.6 Å². The van der Waals surface area contributed by atoms with Crippen molar-refractivity contribution < 1.29 is 24.2 Å². The van der Waals surface area contributed by atoms with E-state index in [9.17, 15) is 14.7 Å². The molecule has 0 spiro atoms. The van der Waals surface area contributed by atoms with Crippen molar-refractivity contribution in [2.75, 3.05) is 19.0 Å². The summed E-state index contributed by atoms with van der Waals surface area (Å²) in [6, 6.07) is 11.4. The number of aromatic nitrogens is 2. The lowest BCUT2D eigenvalue weighted by atomic mass is 10.1. The Kier molecular flexibility index (Phi) is 6.48. The third kappa shape index (κ3) is 4.49. The number of benzene rings is 2. The van der Waals surface area contributed by atoms with Crippen LogP contribution in [0, 0.1) is 0 Å². The van der Waals surface area contributed by atoms with Gasteiger partial charge in [0.25, 0.3) is 0 Å². The average Bonchev–Trinajstić information content (AvgIpc) is 2.75. The van der Waals surface area contributed by atoms with Gasteiger partial charge in [0, 0.05) is 16.8 Å². The largest absolute Gasteiger partial charge is 0.505 e. The normalized spacial score (nSPS) is 10.4. The second-order valence-electron chi connectivity index (χ2n) is 6.00. The molecule has 3 rings (SSSR count). The number of halogens is 1. The van der Waals surface area contributed by atoms with Crippen LogP contribution >= 0.6 is 11.6 Å². The first-order valence-corrected chi connectivity index (χ1v) is 9.29. The van der Waals surface area contributed by atoms with Crippen LogP contribution in [-0.2, 0) is 9.47 Å². The number of phenolic OH excluding ortho intramolecular Hbond substituents is 1. The van der Waals surface area contributed by atoms with Crippen molar-refractivity contribution in [3.8, 4) is 17.1 Å². The predicted octanol–water partition coefficient (Wildman–Crippen LogP) is 4.21. The molecular formula is C21H18ClN3O5. The summed E-state index contributed by atoms with van der Waals surface area (Å²) in [5.74, 6) is -1.25. The number of carbonyl (C=O) groups is 2. The van der Waals surface area contributed by atoms with Crippen LogP contribution in [0.5, 0.6) is 5.75 Å². The second-order valence-corrected chi connectivity index (χ2v) is 6.44. The minimum Gasteiger partial charge on any atom is -0.505 e. The van der Waals surface area contributed by atoms with Gasteiger partial charge in [-0.3, -0.25) is 0 Å². The quantitative estimate of drug-likeness (QED) is 0.444. The topological polar surface area (TPSA) is 111 Å². The van der Waals surface area contributed by atoms with E-state index in [0.717, 1.165) is 0 Å². The molecule has 154 valence electrons. The molecule has 0 saturated heterocycles. The molecular weight excluding hydrogens is 410 g/mol. The number of phenols is 1. The zero-order valence-corrected chi connectivity index (χ0v) is 16.9. The van der Waals surface area contributed by atoms with E-state index in [2.05, 4.69) is 20.0 Å². The molecule has 1 aromatic heterocycles. The van der Waals surface area contributed by atoms with Crippen molar-refractivity contribution in [3.63, 3.8) is 0 Å². The summed E-state index contributed by atoms with van der Waals surface area (Å²) >= 11 is 5.93. The summed E-state index contributed by atoms with van der Waals surface area (Å²) in [6.07, 6.45) is 1.33. The minimum atomic E-state index is -0.702. The number of anilines is 2. The van der Waals surface area contributed by atoms with E-state index in [0.29, 0.717) is 16.4 Å². The fourth-order valence-electron chi connectivity index (χ4n) is 2.62. The molecule has 0 aliphatic heterocycles. The first-order valence-electron chi connectivity index (χ1n) is 8.92. The molecule has 0 bridgehead atoms. The van der Waals surface area contributed by atoms with E-state index in [1.54, 1.807) is 37.3 Å². The van der Waals surface area contributed by atoms with Crippen LogP contribution in [0.2, 0.25) is 5.02 Å². The number of hydrogen-bond acceptors (Lipinski definition) is 8. The Balaban J connectivity index is 2.07. The van der Waals surface area contributed by atoms with Gasteiger partial charge in [-0.05, 0) is 43.3 Å². The Hall–Kier alpha value is -3.65. The standard InChI is InChI=1S/C21H18ClN3O5/c1-3-30-21(28)15-11-23-18(12-7-9-13(22)10-8-12)25-19(15)24-16-6-4-5-14(17(16)26)20(27)29-2/h4-11,26H,3H2,1-2H3,(H,23,24,25). The Labute approximate surface area is 177 Å². The number of hydrogen-bond donors (Lipinski definition) is 2. The number of ether oxygens (including phenoxy) is 2. The smallest absolute Gasteiger partial charge is 0.343 e. The molecule has 3 aromatic rings. The van der Waals surface area contributed by atoms with E-state index in [1.165, 1.54) is 25.4 Å². The molecule has 8 nitrogen and oxygen atoms in total. The molecule has 0 aliphatic rings. The second kappa shape index (κ2) is 9.23. The summed E-state index contributed by atoms with van der Waals surface area (Å²) in [5, 5.41) is 13.9. The molecule has 0 unspecified atom stereocenters. The number of para-hydroxylation sites is 1. The lowest BCUT2D eigenvalue weighted by Gasteiger charge is -2.14. The number of nitrogens with zero attached hydrogens (tertiary/aromatic N) is 2. The predicted molar refractivity (Wildman–Crippen MR) is 111 cm³/mol. The van der Waals surface area contributed by atoms with Gasteiger partial charge in [-0.2, -0.15) is 0 Å². The summed E-state index contributed by atoms with van der Waals surface area (Å²) in [6.45, 7) is 1.85. The molecule has 0 radical (unpaired) electrons. The van der Waals surface area contributed by atoms with E-state index < -0.39 is 11.9 Å².